The van der Waals surface area contributed by atoms with Gasteiger partial charge in [-0.25, -0.2) is 4.42 Å². The van der Waals surface area contributed by atoms with E-state index in [9.17, 15) is 35.7 Å². The highest BCUT2D eigenvalue weighted by atomic mass is 16.7. The number of benzene rings is 2. The van der Waals surface area contributed by atoms with Gasteiger partial charge >= 0.3 is 11.3 Å². The Morgan fingerprint density at radius 2 is 1.67 bits per heavy atom. The highest BCUT2D eigenvalue weighted by Crippen LogP contribution is 2.42. The van der Waals surface area contributed by atoms with Gasteiger partial charge in [0.05, 0.1) is 25.3 Å². The molecule has 11 heteroatoms. The maximum Gasteiger partial charge on any atom is 0.402 e. The van der Waals surface area contributed by atoms with Crippen molar-refractivity contribution < 1.29 is 54.4 Å². The van der Waals surface area contributed by atoms with Crippen molar-refractivity contribution in [3.8, 4) is 40.1 Å². The molecule has 0 radical (unpaired) electrons. The standard InChI is InChI=1S/C22H22O11/c1-30-15-4-9(2-3-12(15)25)21-16(7-11-13(26)5-10(24)6-14(11)31-21)32-22-20(29)19(28)18(27)17(8-23)33-22/h2-7,17-20,22-23,27-29H,8H2,1H3,(H2-,24,25,26)/p+1/t17?,18?,19?,20-,22?/m1/s1. The van der Waals surface area contributed by atoms with Gasteiger partial charge in [-0.1, -0.05) is 0 Å². The molecule has 4 unspecified atom stereocenters. The molecule has 0 spiro atoms. The molecule has 1 saturated heterocycles. The van der Waals surface area contributed by atoms with Crippen LogP contribution in [0.25, 0.3) is 22.3 Å². The van der Waals surface area contributed by atoms with Gasteiger partial charge in [0.25, 0.3) is 0 Å². The summed E-state index contributed by atoms with van der Waals surface area (Å²) in [4.78, 5) is 0. The van der Waals surface area contributed by atoms with Gasteiger partial charge < -0.3 is 50.0 Å². The molecule has 4 rings (SSSR count). The molecule has 1 aliphatic rings. The van der Waals surface area contributed by atoms with Gasteiger partial charge in [0.2, 0.25) is 12.0 Å². The highest BCUT2D eigenvalue weighted by Gasteiger charge is 2.45. The van der Waals surface area contributed by atoms with E-state index in [2.05, 4.69) is 0 Å². The molecule has 11 nitrogen and oxygen atoms in total. The summed E-state index contributed by atoms with van der Waals surface area (Å²) in [5, 5.41) is 70.0. The number of phenols is 3. The lowest BCUT2D eigenvalue weighted by molar-refractivity contribution is -0.277. The zero-order chi connectivity index (χ0) is 23.9. The average molecular weight is 463 g/mol. The molecular formula is C22H23O11+. The summed E-state index contributed by atoms with van der Waals surface area (Å²) in [7, 11) is 1.36. The van der Waals surface area contributed by atoms with Crippen LogP contribution in [-0.2, 0) is 4.74 Å². The third kappa shape index (κ3) is 4.19. The predicted octanol–water partition coefficient (Wildman–Crippen LogP) is 0.685. The minimum absolute atomic E-state index is 0.0442. The number of fused-ring (bicyclic) bond motifs is 1. The number of aliphatic hydroxyl groups excluding tert-OH is 4. The number of aromatic hydroxyl groups is 3. The van der Waals surface area contributed by atoms with Crippen LogP contribution in [0.5, 0.6) is 28.7 Å². The van der Waals surface area contributed by atoms with Gasteiger partial charge in [-0.2, -0.15) is 0 Å². The lowest BCUT2D eigenvalue weighted by atomic mass is 9.99. The van der Waals surface area contributed by atoms with Crippen molar-refractivity contribution in [2.24, 2.45) is 0 Å². The molecule has 0 saturated carbocycles. The van der Waals surface area contributed by atoms with Crippen LogP contribution < -0.4 is 9.47 Å². The molecule has 2 aromatic carbocycles. The Morgan fingerprint density at radius 1 is 0.909 bits per heavy atom. The third-order valence-electron chi connectivity index (χ3n) is 5.35. The van der Waals surface area contributed by atoms with Crippen LogP contribution in [0.4, 0.5) is 0 Å². The first kappa shape index (κ1) is 22.8. The number of hydrogen-bond acceptors (Lipinski definition) is 10. The zero-order valence-corrected chi connectivity index (χ0v) is 17.3. The van der Waals surface area contributed by atoms with E-state index >= 15 is 0 Å². The zero-order valence-electron chi connectivity index (χ0n) is 17.3. The summed E-state index contributed by atoms with van der Waals surface area (Å²) in [5.41, 5.74) is 0.449. The quantitative estimate of drug-likeness (QED) is 0.264. The van der Waals surface area contributed by atoms with Gasteiger partial charge in [-0.15, -0.1) is 0 Å². The van der Waals surface area contributed by atoms with E-state index in [-0.39, 0.29) is 45.5 Å². The number of rotatable bonds is 5. The van der Waals surface area contributed by atoms with Gasteiger partial charge in [0, 0.05) is 18.2 Å². The minimum atomic E-state index is -1.69. The van der Waals surface area contributed by atoms with Crippen LogP contribution in [-0.4, -0.2) is 80.2 Å². The summed E-state index contributed by atoms with van der Waals surface area (Å²) >= 11 is 0. The normalized spacial score (nSPS) is 25.2. The van der Waals surface area contributed by atoms with Gasteiger partial charge in [-0.3, -0.25) is 0 Å². The fourth-order valence-corrected chi connectivity index (χ4v) is 3.58. The van der Waals surface area contributed by atoms with Crippen molar-refractivity contribution in [2.45, 2.75) is 30.7 Å². The smallest absolute Gasteiger partial charge is 0.402 e. The van der Waals surface area contributed by atoms with E-state index < -0.39 is 37.3 Å². The Kier molecular flexibility index (Phi) is 6.15. The Hall–Kier alpha value is -3.35. The van der Waals surface area contributed by atoms with E-state index in [4.69, 9.17) is 18.6 Å². The van der Waals surface area contributed by atoms with Crippen LogP contribution in [0.2, 0.25) is 0 Å². The first-order valence-electron chi connectivity index (χ1n) is 9.91. The highest BCUT2D eigenvalue weighted by molar-refractivity contribution is 5.88. The Labute approximate surface area is 186 Å². The fourth-order valence-electron chi connectivity index (χ4n) is 3.58. The van der Waals surface area contributed by atoms with Gasteiger partial charge in [0.15, 0.2) is 11.5 Å². The molecule has 0 amide bonds. The molecule has 1 fully saturated rings. The molecule has 1 aliphatic heterocycles. The maximum absolute atomic E-state index is 10.4. The molecule has 3 aromatic rings. The fraction of sp³-hybridized carbons (Fsp3) is 0.318. The second-order valence-corrected chi connectivity index (χ2v) is 7.52. The van der Waals surface area contributed by atoms with E-state index in [0.717, 1.165) is 6.07 Å². The number of methoxy groups -OCH3 is 1. The van der Waals surface area contributed by atoms with Crippen molar-refractivity contribution in [3.63, 3.8) is 0 Å². The Bertz CT molecular complexity index is 1160. The van der Waals surface area contributed by atoms with Crippen molar-refractivity contribution in [1.82, 2.24) is 0 Å². The van der Waals surface area contributed by atoms with Crippen LogP contribution in [0.3, 0.4) is 0 Å². The SMILES string of the molecule is COc1cc(-c2[o+]c3cc(O)cc(O)c3cc2OC2OC(CO)C(O)C(O)[C@H]2O)ccc1O. The van der Waals surface area contributed by atoms with E-state index in [1.165, 1.54) is 37.4 Å². The molecule has 0 bridgehead atoms. The monoisotopic (exact) mass is 463 g/mol. The first-order valence-corrected chi connectivity index (χ1v) is 9.91. The Morgan fingerprint density at radius 3 is 2.36 bits per heavy atom. The second kappa shape index (κ2) is 8.89. The van der Waals surface area contributed by atoms with Crippen LogP contribution >= 0.6 is 0 Å². The largest absolute Gasteiger partial charge is 0.507 e. The molecule has 33 heavy (non-hydrogen) atoms. The molecule has 5 atom stereocenters. The summed E-state index contributed by atoms with van der Waals surface area (Å²) in [6, 6.07) is 8.02. The predicted molar refractivity (Wildman–Crippen MR) is 112 cm³/mol. The van der Waals surface area contributed by atoms with Crippen LogP contribution in [0.1, 0.15) is 0 Å². The topological polar surface area (TPSA) is 181 Å². The number of phenolic OH excluding ortho intramolecular Hbond substituents is 3. The number of ether oxygens (including phenoxy) is 3. The van der Waals surface area contributed by atoms with Crippen molar-refractivity contribution >= 4 is 11.0 Å². The molecule has 7 N–H and O–H groups in total. The summed E-state index contributed by atoms with van der Waals surface area (Å²) in [5.74, 6) is -0.583. The van der Waals surface area contributed by atoms with Crippen LogP contribution in [0, 0.1) is 0 Å². The Balaban J connectivity index is 1.84. The average Bonchev–Trinajstić information content (AvgIpc) is 2.79. The summed E-state index contributed by atoms with van der Waals surface area (Å²) < 4.78 is 22.2. The van der Waals surface area contributed by atoms with Gasteiger partial charge in [0.1, 0.15) is 41.3 Å². The summed E-state index contributed by atoms with van der Waals surface area (Å²) in [6.45, 7) is -0.644. The summed E-state index contributed by atoms with van der Waals surface area (Å²) in [6.07, 6.45) is -7.65. The van der Waals surface area contributed by atoms with E-state index in [1.807, 2.05) is 0 Å². The molecule has 176 valence electrons. The van der Waals surface area contributed by atoms with Gasteiger partial charge in [-0.05, 0) is 12.1 Å². The van der Waals surface area contributed by atoms with Crippen molar-refractivity contribution in [3.05, 3.63) is 36.4 Å². The van der Waals surface area contributed by atoms with E-state index in [1.54, 1.807) is 0 Å². The minimum Gasteiger partial charge on any atom is -0.507 e. The first-order chi connectivity index (χ1) is 15.7. The van der Waals surface area contributed by atoms with E-state index in [0.29, 0.717) is 5.56 Å². The molecular weight excluding hydrogens is 440 g/mol. The van der Waals surface area contributed by atoms with Crippen molar-refractivity contribution in [2.75, 3.05) is 13.7 Å². The van der Waals surface area contributed by atoms with Crippen molar-refractivity contribution in [1.29, 1.82) is 0 Å². The lowest BCUT2D eigenvalue weighted by Gasteiger charge is -2.39. The second-order valence-electron chi connectivity index (χ2n) is 7.52. The molecule has 0 aliphatic carbocycles. The van der Waals surface area contributed by atoms with Crippen LogP contribution in [0.15, 0.2) is 40.8 Å². The maximum atomic E-state index is 10.4. The molecule has 1 aromatic heterocycles. The number of aliphatic hydroxyl groups is 4. The number of hydrogen-bond donors (Lipinski definition) is 7. The molecule has 2 heterocycles. The lowest BCUT2D eigenvalue weighted by Crippen LogP contribution is -2.60. The third-order valence-corrected chi connectivity index (χ3v) is 5.35.